The highest BCUT2D eigenvalue weighted by Crippen LogP contribution is 2.59. The van der Waals surface area contributed by atoms with E-state index < -0.39 is 5.41 Å². The van der Waals surface area contributed by atoms with Crippen LogP contribution in [0.2, 0.25) is 0 Å². The van der Waals surface area contributed by atoms with E-state index in [4.69, 9.17) is 0 Å². The molecule has 0 fully saturated rings. The Morgan fingerprint density at radius 3 is 2.07 bits per heavy atom. The van der Waals surface area contributed by atoms with Gasteiger partial charge in [0.25, 0.3) is 0 Å². The molecule has 9 aromatic rings. The first-order chi connectivity index (χ1) is 27.8. The molecule has 0 radical (unpaired) electrons. The fourth-order valence-corrected chi connectivity index (χ4v) is 11.7. The maximum absolute atomic E-state index is 2.64. The van der Waals surface area contributed by atoms with Crippen molar-refractivity contribution in [2.75, 3.05) is 0 Å². The van der Waals surface area contributed by atoms with Gasteiger partial charge in [0.15, 0.2) is 0 Å². The molecule has 0 N–H and O–H groups in total. The standard InChI is InChI=1S/C55H38S/c1-3-16-36(17-4-1)53-44-23-9-10-24-45(44)54(38-28-27-35-15-7-8-18-37(35)31-38)47-33-46-41-21-11-13-25-49(41)55(50(46)34-48(47)53,39-19-5-2-6-20-39)40-29-30-43-42-22-12-14-26-51(42)56-52(43)32-40/h1-3,5-12,14-16,18-24,26-34H,4,13,17,25H2. The molecule has 264 valence electrons. The molecule has 3 aliphatic carbocycles. The lowest BCUT2D eigenvalue weighted by Gasteiger charge is -2.37. The van der Waals surface area contributed by atoms with E-state index in [1.54, 1.807) is 0 Å². The van der Waals surface area contributed by atoms with Gasteiger partial charge in [-0.05, 0) is 144 Å². The Morgan fingerprint density at radius 1 is 0.482 bits per heavy atom. The predicted octanol–water partition coefficient (Wildman–Crippen LogP) is 15.4. The van der Waals surface area contributed by atoms with Crippen LogP contribution in [-0.2, 0) is 5.41 Å². The van der Waals surface area contributed by atoms with Crippen LogP contribution in [0.25, 0.3) is 74.8 Å². The first-order valence-electron chi connectivity index (χ1n) is 20.0. The number of hydrogen-bond acceptors (Lipinski definition) is 1. The summed E-state index contributed by atoms with van der Waals surface area (Å²) in [5, 5.41) is 10.6. The van der Waals surface area contributed by atoms with E-state index in [1.807, 2.05) is 11.3 Å². The van der Waals surface area contributed by atoms with Crippen molar-refractivity contribution in [1.29, 1.82) is 0 Å². The van der Waals surface area contributed by atoms with Gasteiger partial charge in [-0.3, -0.25) is 0 Å². The Labute approximate surface area is 331 Å². The molecule has 0 saturated carbocycles. The minimum atomic E-state index is -0.428. The molecule has 0 saturated heterocycles. The number of allylic oxidation sites excluding steroid dienone is 8. The summed E-state index contributed by atoms with van der Waals surface area (Å²) < 4.78 is 2.70. The van der Waals surface area contributed by atoms with Gasteiger partial charge in [-0.1, -0.05) is 152 Å². The third-order valence-electron chi connectivity index (χ3n) is 12.9. The zero-order valence-electron chi connectivity index (χ0n) is 31.1. The van der Waals surface area contributed by atoms with E-state index in [0.29, 0.717) is 0 Å². The molecule has 3 aliphatic rings. The number of thiophene rings is 1. The quantitative estimate of drug-likeness (QED) is 0.158. The summed E-state index contributed by atoms with van der Waals surface area (Å²) in [5.74, 6) is 0. The lowest BCUT2D eigenvalue weighted by Crippen LogP contribution is -2.30. The second kappa shape index (κ2) is 12.4. The summed E-state index contributed by atoms with van der Waals surface area (Å²) >= 11 is 1.92. The van der Waals surface area contributed by atoms with Crippen molar-refractivity contribution in [3.63, 3.8) is 0 Å². The average Bonchev–Trinajstić information content (AvgIpc) is 3.78. The molecule has 1 atom stereocenters. The molecule has 0 bridgehead atoms. The van der Waals surface area contributed by atoms with Crippen molar-refractivity contribution in [2.45, 2.75) is 31.1 Å². The second-order valence-corrected chi connectivity index (χ2v) is 16.8. The molecule has 0 aliphatic heterocycles. The monoisotopic (exact) mass is 730 g/mol. The van der Waals surface area contributed by atoms with Crippen molar-refractivity contribution >= 4 is 75.0 Å². The van der Waals surface area contributed by atoms with E-state index in [-0.39, 0.29) is 0 Å². The van der Waals surface area contributed by atoms with E-state index in [1.165, 1.54) is 108 Å². The van der Waals surface area contributed by atoms with Gasteiger partial charge in [0.05, 0.1) is 5.41 Å². The zero-order chi connectivity index (χ0) is 36.8. The Bertz CT molecular complexity index is 3240. The largest absolute Gasteiger partial charge is 0.135 e. The van der Waals surface area contributed by atoms with Crippen LogP contribution in [0.15, 0.2) is 188 Å². The van der Waals surface area contributed by atoms with E-state index >= 15 is 0 Å². The number of fused-ring (bicyclic) bond motifs is 8. The Kier molecular flexibility index (Phi) is 7.07. The lowest BCUT2D eigenvalue weighted by atomic mass is 9.65. The van der Waals surface area contributed by atoms with Crippen LogP contribution in [0.3, 0.4) is 0 Å². The van der Waals surface area contributed by atoms with Crippen LogP contribution in [0.1, 0.15) is 53.5 Å². The molecule has 1 heterocycles. The van der Waals surface area contributed by atoms with Gasteiger partial charge < -0.3 is 0 Å². The van der Waals surface area contributed by atoms with E-state index in [2.05, 4.69) is 182 Å². The molecule has 56 heavy (non-hydrogen) atoms. The zero-order valence-corrected chi connectivity index (χ0v) is 31.9. The maximum atomic E-state index is 2.64. The van der Waals surface area contributed by atoms with Gasteiger partial charge in [0, 0.05) is 20.2 Å². The second-order valence-electron chi connectivity index (χ2n) is 15.7. The molecule has 1 unspecified atom stereocenters. The van der Waals surface area contributed by atoms with E-state index in [0.717, 1.165) is 25.7 Å². The van der Waals surface area contributed by atoms with Gasteiger partial charge in [-0.2, -0.15) is 0 Å². The van der Waals surface area contributed by atoms with Crippen molar-refractivity contribution in [1.82, 2.24) is 0 Å². The van der Waals surface area contributed by atoms with Crippen LogP contribution in [-0.4, -0.2) is 0 Å². The van der Waals surface area contributed by atoms with Gasteiger partial charge in [-0.15, -0.1) is 11.3 Å². The Morgan fingerprint density at radius 2 is 1.21 bits per heavy atom. The van der Waals surface area contributed by atoms with Crippen molar-refractivity contribution in [3.05, 3.63) is 215 Å². The number of benzene rings is 8. The van der Waals surface area contributed by atoms with Gasteiger partial charge >= 0.3 is 0 Å². The van der Waals surface area contributed by atoms with Crippen molar-refractivity contribution in [2.24, 2.45) is 0 Å². The molecule has 1 aromatic heterocycles. The molecule has 0 amide bonds. The minimum absolute atomic E-state index is 0.428. The Hall–Kier alpha value is -6.28. The van der Waals surface area contributed by atoms with Gasteiger partial charge in [0.2, 0.25) is 0 Å². The number of hydrogen-bond donors (Lipinski definition) is 0. The molecule has 1 heteroatoms. The highest BCUT2D eigenvalue weighted by molar-refractivity contribution is 7.25. The van der Waals surface area contributed by atoms with Crippen molar-refractivity contribution < 1.29 is 0 Å². The smallest absolute Gasteiger partial charge is 0.0677 e. The van der Waals surface area contributed by atoms with Crippen LogP contribution in [0.4, 0.5) is 0 Å². The third-order valence-corrected chi connectivity index (χ3v) is 14.0. The average molecular weight is 731 g/mol. The molecule has 8 aromatic carbocycles. The first kappa shape index (κ1) is 32.0. The fraction of sp³-hybridized carbons (Fsp3) is 0.0909. The predicted molar refractivity (Wildman–Crippen MR) is 242 cm³/mol. The summed E-state index contributed by atoms with van der Waals surface area (Å²) in [6.07, 6.45) is 16.0. The highest BCUT2D eigenvalue weighted by atomic mass is 32.1. The van der Waals surface area contributed by atoms with Gasteiger partial charge in [0.1, 0.15) is 0 Å². The van der Waals surface area contributed by atoms with Crippen LogP contribution in [0.5, 0.6) is 0 Å². The Balaban J connectivity index is 1.25. The number of rotatable bonds is 4. The molecule has 0 spiro atoms. The third kappa shape index (κ3) is 4.53. The first-order valence-corrected chi connectivity index (χ1v) is 20.8. The summed E-state index contributed by atoms with van der Waals surface area (Å²) in [6, 6.07) is 57.9. The highest BCUT2D eigenvalue weighted by Gasteiger charge is 2.48. The van der Waals surface area contributed by atoms with Crippen molar-refractivity contribution in [3.8, 4) is 11.1 Å². The SMILES string of the molecule is C1=CCCC(c2c3ccccc3c(-c3ccc4ccccc4c3)c3cc4c(cc23)C(c2ccccc2)(c2ccc3c(c2)sc2ccccc23)C2=C4C=CCC2)=C1. The molecule has 0 nitrogen and oxygen atoms in total. The van der Waals surface area contributed by atoms with Crippen LogP contribution >= 0.6 is 11.3 Å². The molecular weight excluding hydrogens is 693 g/mol. The van der Waals surface area contributed by atoms with Gasteiger partial charge in [-0.25, -0.2) is 0 Å². The normalized spacial score (nSPS) is 17.7. The molecular formula is C55H38S. The summed E-state index contributed by atoms with van der Waals surface area (Å²) in [4.78, 5) is 0. The van der Waals surface area contributed by atoms with Crippen LogP contribution < -0.4 is 0 Å². The minimum Gasteiger partial charge on any atom is -0.135 e. The lowest BCUT2D eigenvalue weighted by molar-refractivity contribution is 0.698. The fourth-order valence-electron chi connectivity index (χ4n) is 10.5. The maximum Gasteiger partial charge on any atom is 0.0677 e. The van der Waals surface area contributed by atoms with E-state index in [9.17, 15) is 0 Å². The summed E-state index contributed by atoms with van der Waals surface area (Å²) in [6.45, 7) is 0. The topological polar surface area (TPSA) is 0 Å². The summed E-state index contributed by atoms with van der Waals surface area (Å²) in [5.41, 5.74) is 13.4. The summed E-state index contributed by atoms with van der Waals surface area (Å²) in [7, 11) is 0. The van der Waals surface area contributed by atoms with Crippen LogP contribution in [0, 0.1) is 0 Å². The molecule has 12 rings (SSSR count).